The maximum absolute atomic E-state index is 13.6. The van der Waals surface area contributed by atoms with Crippen LogP contribution in [0.25, 0.3) is 11.4 Å². The van der Waals surface area contributed by atoms with Gasteiger partial charge < -0.3 is 9.84 Å². The third kappa shape index (κ3) is 2.67. The lowest BCUT2D eigenvalue weighted by Crippen LogP contribution is -2.10. The number of aliphatic carboxylic acids is 1. The Bertz CT molecular complexity index is 607. The van der Waals surface area contributed by atoms with Gasteiger partial charge >= 0.3 is 12.0 Å². The summed E-state index contributed by atoms with van der Waals surface area (Å²) in [5.41, 5.74) is -0.345. The van der Waals surface area contributed by atoms with Gasteiger partial charge in [-0.3, -0.25) is 0 Å². The highest BCUT2D eigenvalue weighted by Gasteiger charge is 2.18. The van der Waals surface area contributed by atoms with Crippen LogP contribution in [0.4, 0.5) is 8.78 Å². The van der Waals surface area contributed by atoms with Crippen LogP contribution in [0.5, 0.6) is 6.01 Å². The number of carboxylic acid groups (broad SMARTS) is 1. The smallest absolute Gasteiger partial charge is 0.341 e. The molecule has 1 N–H and O–H groups in total. The highest BCUT2D eigenvalue weighted by Crippen LogP contribution is 2.25. The van der Waals surface area contributed by atoms with E-state index in [1.807, 2.05) is 0 Å². The maximum Gasteiger partial charge on any atom is 0.341 e. The van der Waals surface area contributed by atoms with Gasteiger partial charge in [0.15, 0.2) is 12.4 Å². The fourth-order valence-corrected chi connectivity index (χ4v) is 1.48. The Balaban J connectivity index is 2.38. The van der Waals surface area contributed by atoms with Crippen molar-refractivity contribution in [1.29, 1.82) is 0 Å². The quantitative estimate of drug-likeness (QED) is 0.903. The molecular weight excluding hydrogens is 260 g/mol. The van der Waals surface area contributed by atoms with Gasteiger partial charge in [-0.15, -0.1) is 5.10 Å². The van der Waals surface area contributed by atoms with Gasteiger partial charge in [-0.05, 0) is 12.1 Å². The molecule has 0 radical (unpaired) electrons. The number of rotatable bonds is 4. The number of halogens is 2. The van der Waals surface area contributed by atoms with E-state index in [4.69, 9.17) is 9.84 Å². The fraction of sp³-hybridized carbons (Fsp3) is 0.182. The second-order valence-corrected chi connectivity index (χ2v) is 3.62. The second kappa shape index (κ2) is 5.01. The highest BCUT2D eigenvalue weighted by molar-refractivity contribution is 5.68. The second-order valence-electron chi connectivity index (χ2n) is 3.62. The van der Waals surface area contributed by atoms with Crippen LogP contribution in [0.2, 0.25) is 0 Å². The van der Waals surface area contributed by atoms with Crippen molar-refractivity contribution in [2.45, 2.75) is 0 Å². The Morgan fingerprint density at radius 3 is 2.63 bits per heavy atom. The summed E-state index contributed by atoms with van der Waals surface area (Å²) >= 11 is 0. The van der Waals surface area contributed by atoms with Crippen LogP contribution in [0, 0.1) is 11.6 Å². The minimum atomic E-state index is -1.20. The fourth-order valence-electron chi connectivity index (χ4n) is 1.48. The Morgan fingerprint density at radius 1 is 1.42 bits per heavy atom. The molecule has 6 nitrogen and oxygen atoms in total. The number of carboxylic acids is 1. The Kier molecular flexibility index (Phi) is 3.41. The van der Waals surface area contributed by atoms with Crippen LogP contribution in [0.15, 0.2) is 18.2 Å². The van der Waals surface area contributed by atoms with E-state index in [-0.39, 0.29) is 17.4 Å². The minimum absolute atomic E-state index is 0.0870. The number of hydrogen-bond acceptors (Lipinski definition) is 4. The van der Waals surface area contributed by atoms with Gasteiger partial charge in [0.25, 0.3) is 0 Å². The number of benzene rings is 1. The summed E-state index contributed by atoms with van der Waals surface area (Å²) in [5.74, 6) is -2.87. The van der Waals surface area contributed by atoms with Crippen molar-refractivity contribution < 1.29 is 23.4 Å². The molecule has 0 fully saturated rings. The number of aryl methyl sites for hydroxylation is 1. The predicted molar refractivity (Wildman–Crippen MR) is 59.5 cm³/mol. The maximum atomic E-state index is 13.6. The molecule has 8 heteroatoms. The largest absolute Gasteiger partial charge is 0.479 e. The van der Waals surface area contributed by atoms with Crippen molar-refractivity contribution in [3.63, 3.8) is 0 Å². The van der Waals surface area contributed by atoms with Gasteiger partial charge in [0.2, 0.25) is 0 Å². The zero-order chi connectivity index (χ0) is 14.0. The normalized spacial score (nSPS) is 10.5. The molecule has 0 amide bonds. The van der Waals surface area contributed by atoms with E-state index in [0.29, 0.717) is 0 Å². The number of aromatic nitrogens is 3. The van der Waals surface area contributed by atoms with Crippen molar-refractivity contribution in [1.82, 2.24) is 14.8 Å². The molecular formula is C11H9F2N3O3. The van der Waals surface area contributed by atoms with Gasteiger partial charge in [-0.2, -0.15) is 4.98 Å². The number of ether oxygens (including phenoxy) is 1. The van der Waals surface area contributed by atoms with E-state index in [2.05, 4.69) is 10.1 Å². The average Bonchev–Trinajstić information content (AvgIpc) is 2.68. The summed E-state index contributed by atoms with van der Waals surface area (Å²) < 4.78 is 33.0. The third-order valence-electron chi connectivity index (χ3n) is 2.25. The van der Waals surface area contributed by atoms with Crippen LogP contribution in [0.1, 0.15) is 0 Å². The van der Waals surface area contributed by atoms with Gasteiger partial charge in [0.05, 0.1) is 5.56 Å². The molecule has 0 unspecified atom stereocenters. The monoisotopic (exact) mass is 269 g/mol. The first-order chi connectivity index (χ1) is 8.99. The number of hydrogen-bond donors (Lipinski definition) is 1. The molecule has 0 aliphatic heterocycles. The van der Waals surface area contributed by atoms with E-state index in [1.165, 1.54) is 13.1 Å². The molecule has 0 saturated heterocycles. The van der Waals surface area contributed by atoms with Crippen molar-refractivity contribution in [3.05, 3.63) is 29.8 Å². The lowest BCUT2D eigenvalue weighted by Gasteiger charge is -2.02. The molecule has 2 rings (SSSR count). The SMILES string of the molecule is Cn1nc(OCC(=O)O)nc1-c1c(F)cccc1F. The zero-order valence-electron chi connectivity index (χ0n) is 9.80. The molecule has 0 aliphatic rings. The lowest BCUT2D eigenvalue weighted by molar-refractivity contribution is -0.139. The van der Waals surface area contributed by atoms with Crippen LogP contribution in [-0.4, -0.2) is 32.4 Å². The van der Waals surface area contributed by atoms with Crippen LogP contribution < -0.4 is 4.74 Å². The molecule has 100 valence electrons. The third-order valence-corrected chi connectivity index (χ3v) is 2.25. The number of nitrogens with zero attached hydrogens (tertiary/aromatic N) is 3. The Hall–Kier alpha value is -2.51. The van der Waals surface area contributed by atoms with Crippen LogP contribution in [-0.2, 0) is 11.8 Å². The molecule has 1 aromatic heterocycles. The first-order valence-electron chi connectivity index (χ1n) is 5.19. The molecule has 1 aromatic carbocycles. The van der Waals surface area contributed by atoms with Crippen molar-refractivity contribution in [2.75, 3.05) is 6.61 Å². The predicted octanol–water partition coefficient (Wildman–Crippen LogP) is 1.22. The Labute approximate surface area is 106 Å². The molecule has 0 spiro atoms. The standard InChI is InChI=1S/C11H9F2N3O3/c1-16-10(9-6(12)3-2-4-7(9)13)14-11(15-16)19-5-8(17)18/h2-4H,5H2,1H3,(H,17,18). The van der Waals surface area contributed by atoms with Gasteiger partial charge in [0, 0.05) is 7.05 Å². The zero-order valence-corrected chi connectivity index (χ0v) is 9.80. The molecule has 0 bridgehead atoms. The van der Waals surface area contributed by atoms with E-state index in [0.717, 1.165) is 16.8 Å². The average molecular weight is 269 g/mol. The molecule has 0 atom stereocenters. The van der Waals surface area contributed by atoms with E-state index < -0.39 is 24.2 Å². The van der Waals surface area contributed by atoms with E-state index in [1.54, 1.807) is 0 Å². The molecule has 0 saturated carbocycles. The summed E-state index contributed by atoms with van der Waals surface area (Å²) in [6.45, 7) is -0.636. The number of carbonyl (C=O) groups is 1. The summed E-state index contributed by atoms with van der Waals surface area (Å²) in [6.07, 6.45) is 0. The Morgan fingerprint density at radius 2 is 2.05 bits per heavy atom. The first-order valence-corrected chi connectivity index (χ1v) is 5.19. The summed E-state index contributed by atoms with van der Waals surface area (Å²) in [5, 5.41) is 12.2. The van der Waals surface area contributed by atoms with Crippen LogP contribution >= 0.6 is 0 Å². The lowest BCUT2D eigenvalue weighted by atomic mass is 10.2. The van der Waals surface area contributed by atoms with Crippen LogP contribution in [0.3, 0.4) is 0 Å². The molecule has 19 heavy (non-hydrogen) atoms. The summed E-state index contributed by atoms with van der Waals surface area (Å²) in [6, 6.07) is 3.14. The van der Waals surface area contributed by atoms with Crippen molar-refractivity contribution >= 4 is 5.97 Å². The van der Waals surface area contributed by atoms with Crippen molar-refractivity contribution in [3.8, 4) is 17.4 Å². The van der Waals surface area contributed by atoms with Gasteiger partial charge in [-0.1, -0.05) is 6.07 Å². The molecule has 1 heterocycles. The minimum Gasteiger partial charge on any atom is -0.479 e. The topological polar surface area (TPSA) is 77.2 Å². The van der Waals surface area contributed by atoms with Gasteiger partial charge in [0.1, 0.15) is 11.6 Å². The van der Waals surface area contributed by atoms with E-state index in [9.17, 15) is 13.6 Å². The first kappa shape index (κ1) is 12.9. The summed E-state index contributed by atoms with van der Waals surface area (Å²) in [7, 11) is 1.42. The highest BCUT2D eigenvalue weighted by atomic mass is 19.1. The van der Waals surface area contributed by atoms with Crippen molar-refractivity contribution in [2.24, 2.45) is 7.05 Å². The molecule has 2 aromatic rings. The van der Waals surface area contributed by atoms with Gasteiger partial charge in [-0.25, -0.2) is 18.3 Å². The molecule has 0 aliphatic carbocycles. The summed E-state index contributed by atoms with van der Waals surface area (Å²) in [4.78, 5) is 14.1. The van der Waals surface area contributed by atoms with E-state index >= 15 is 0 Å².